The maximum atomic E-state index is 14.0. The molecule has 1 N–H and O–H groups in total. The molecule has 1 rings (SSSR count). The van der Waals surface area contributed by atoms with Crippen molar-refractivity contribution in [2.75, 3.05) is 14.2 Å². The number of benzene rings is 1. The predicted molar refractivity (Wildman–Crippen MR) is 68.8 cm³/mol. The highest BCUT2D eigenvalue weighted by Crippen LogP contribution is 2.30. The van der Waals surface area contributed by atoms with E-state index in [9.17, 15) is 4.39 Å². The van der Waals surface area contributed by atoms with Gasteiger partial charge >= 0.3 is 0 Å². The summed E-state index contributed by atoms with van der Waals surface area (Å²) < 4.78 is 19.0. The molecule has 96 valence electrons. The van der Waals surface area contributed by atoms with Crippen LogP contribution < -0.4 is 10.1 Å². The summed E-state index contributed by atoms with van der Waals surface area (Å²) in [6, 6.07) is 5.14. The van der Waals surface area contributed by atoms with Gasteiger partial charge in [0.2, 0.25) is 0 Å². The fourth-order valence-electron chi connectivity index (χ4n) is 2.29. The molecule has 1 atom stereocenters. The third kappa shape index (κ3) is 3.19. The summed E-state index contributed by atoms with van der Waals surface area (Å²) in [6.07, 6.45) is 2.07. The Kier molecular flexibility index (Phi) is 5.42. The van der Waals surface area contributed by atoms with Gasteiger partial charge in [-0.15, -0.1) is 0 Å². The smallest absolute Gasteiger partial charge is 0.131 e. The highest BCUT2D eigenvalue weighted by molar-refractivity contribution is 5.31. The average molecular weight is 239 g/mol. The van der Waals surface area contributed by atoms with E-state index < -0.39 is 0 Å². The number of rotatable bonds is 6. The molecule has 1 aromatic rings. The fourth-order valence-corrected chi connectivity index (χ4v) is 2.29. The largest absolute Gasteiger partial charge is 0.497 e. The van der Waals surface area contributed by atoms with E-state index >= 15 is 0 Å². The van der Waals surface area contributed by atoms with E-state index in [1.165, 1.54) is 6.07 Å². The lowest BCUT2D eigenvalue weighted by molar-refractivity contribution is 0.348. The van der Waals surface area contributed by atoms with E-state index in [2.05, 4.69) is 19.2 Å². The molecule has 1 aromatic carbocycles. The highest BCUT2D eigenvalue weighted by Gasteiger charge is 2.21. The molecule has 17 heavy (non-hydrogen) atoms. The summed E-state index contributed by atoms with van der Waals surface area (Å²) in [5, 5.41) is 3.22. The van der Waals surface area contributed by atoms with E-state index in [4.69, 9.17) is 4.74 Å². The maximum Gasteiger partial charge on any atom is 0.131 e. The fraction of sp³-hybridized carbons (Fsp3) is 0.571. The van der Waals surface area contributed by atoms with Gasteiger partial charge in [0.25, 0.3) is 0 Å². The average Bonchev–Trinajstić information content (AvgIpc) is 2.36. The van der Waals surface area contributed by atoms with Gasteiger partial charge in [-0.2, -0.15) is 0 Å². The Labute approximate surface area is 103 Å². The molecule has 2 nitrogen and oxygen atoms in total. The van der Waals surface area contributed by atoms with E-state index in [-0.39, 0.29) is 11.9 Å². The summed E-state index contributed by atoms with van der Waals surface area (Å²) in [6.45, 7) is 4.28. The van der Waals surface area contributed by atoms with Crippen molar-refractivity contribution in [3.05, 3.63) is 29.6 Å². The zero-order chi connectivity index (χ0) is 12.8. The van der Waals surface area contributed by atoms with E-state index in [0.717, 1.165) is 18.4 Å². The minimum Gasteiger partial charge on any atom is -0.497 e. The maximum absolute atomic E-state index is 14.0. The summed E-state index contributed by atoms with van der Waals surface area (Å²) in [5.74, 6) is 0.809. The van der Waals surface area contributed by atoms with Crippen LogP contribution in [0.4, 0.5) is 4.39 Å². The van der Waals surface area contributed by atoms with E-state index in [0.29, 0.717) is 11.7 Å². The van der Waals surface area contributed by atoms with Crippen molar-refractivity contribution in [1.29, 1.82) is 0 Å². The van der Waals surface area contributed by atoms with Gasteiger partial charge in [0.05, 0.1) is 7.11 Å². The predicted octanol–water partition coefficient (Wildman–Crippen LogP) is 3.53. The minimum atomic E-state index is -0.199. The van der Waals surface area contributed by atoms with Crippen LogP contribution in [0.25, 0.3) is 0 Å². The first-order valence-corrected chi connectivity index (χ1v) is 6.18. The van der Waals surface area contributed by atoms with Crippen molar-refractivity contribution in [1.82, 2.24) is 5.32 Å². The standard InChI is InChI=1S/C14H22FNO/c1-5-10(6-2)14(16-3)12-8-7-11(17-4)9-13(12)15/h7-10,14,16H,5-6H2,1-4H3. The molecule has 0 amide bonds. The Bertz CT molecular complexity index is 350. The molecule has 1 unspecified atom stereocenters. The highest BCUT2D eigenvalue weighted by atomic mass is 19.1. The molecule has 0 bridgehead atoms. The van der Waals surface area contributed by atoms with Crippen LogP contribution in [0.3, 0.4) is 0 Å². The van der Waals surface area contributed by atoms with Gasteiger partial charge < -0.3 is 10.1 Å². The van der Waals surface area contributed by atoms with E-state index in [1.807, 2.05) is 19.2 Å². The van der Waals surface area contributed by atoms with Crippen LogP contribution in [-0.4, -0.2) is 14.2 Å². The van der Waals surface area contributed by atoms with Gasteiger partial charge in [-0.05, 0) is 19.0 Å². The van der Waals surface area contributed by atoms with E-state index in [1.54, 1.807) is 7.11 Å². The van der Waals surface area contributed by atoms with Crippen LogP contribution in [0.5, 0.6) is 5.75 Å². The minimum absolute atomic E-state index is 0.0657. The molecule has 0 aliphatic heterocycles. The molecule has 0 saturated carbocycles. The molecule has 0 radical (unpaired) electrons. The quantitative estimate of drug-likeness (QED) is 0.820. The Hall–Kier alpha value is -1.09. The van der Waals surface area contributed by atoms with Crippen molar-refractivity contribution in [3.63, 3.8) is 0 Å². The van der Waals surface area contributed by atoms with Crippen molar-refractivity contribution >= 4 is 0 Å². The third-order valence-electron chi connectivity index (χ3n) is 3.37. The first kappa shape index (κ1) is 14.0. The second-order valence-corrected chi connectivity index (χ2v) is 4.23. The van der Waals surface area contributed by atoms with Gasteiger partial charge in [-0.25, -0.2) is 4.39 Å². The van der Waals surface area contributed by atoms with Crippen molar-refractivity contribution in [2.45, 2.75) is 32.7 Å². The van der Waals surface area contributed by atoms with Gasteiger partial charge in [-0.1, -0.05) is 32.8 Å². The summed E-state index contributed by atoms with van der Waals surface area (Å²) in [5.41, 5.74) is 0.724. The second-order valence-electron chi connectivity index (χ2n) is 4.23. The van der Waals surface area contributed by atoms with Gasteiger partial charge in [-0.3, -0.25) is 0 Å². The molecule has 0 spiro atoms. The van der Waals surface area contributed by atoms with Gasteiger partial charge in [0, 0.05) is 17.7 Å². The van der Waals surface area contributed by atoms with Gasteiger partial charge in [0.15, 0.2) is 0 Å². The molecule has 3 heteroatoms. The molecule has 0 heterocycles. The lowest BCUT2D eigenvalue weighted by atomic mass is 9.88. The van der Waals surface area contributed by atoms with Crippen LogP contribution in [0.2, 0.25) is 0 Å². The van der Waals surface area contributed by atoms with Gasteiger partial charge in [0.1, 0.15) is 11.6 Å². The third-order valence-corrected chi connectivity index (χ3v) is 3.37. The first-order valence-electron chi connectivity index (χ1n) is 6.18. The first-order chi connectivity index (χ1) is 8.17. The van der Waals surface area contributed by atoms with Crippen LogP contribution in [0.15, 0.2) is 18.2 Å². The SMILES string of the molecule is CCC(CC)C(NC)c1ccc(OC)cc1F. The lowest BCUT2D eigenvalue weighted by Crippen LogP contribution is -2.25. The zero-order valence-electron chi connectivity index (χ0n) is 11.1. The Balaban J connectivity index is 3.03. The molecule has 0 fully saturated rings. The second kappa shape index (κ2) is 6.60. The summed E-state index contributed by atoms with van der Waals surface area (Å²) in [7, 11) is 3.43. The Morgan fingerprint density at radius 1 is 1.29 bits per heavy atom. The molecular formula is C14H22FNO. The molecule has 0 aliphatic rings. The topological polar surface area (TPSA) is 21.3 Å². The van der Waals surface area contributed by atoms with Crippen molar-refractivity contribution in [2.24, 2.45) is 5.92 Å². The molecule has 0 aliphatic carbocycles. The number of nitrogens with one attached hydrogen (secondary N) is 1. The zero-order valence-corrected chi connectivity index (χ0v) is 11.1. The van der Waals surface area contributed by atoms with Crippen LogP contribution in [0, 0.1) is 11.7 Å². The van der Waals surface area contributed by atoms with Crippen LogP contribution in [0.1, 0.15) is 38.3 Å². The number of hydrogen-bond donors (Lipinski definition) is 1. The number of methoxy groups -OCH3 is 1. The molecule has 0 aromatic heterocycles. The lowest BCUT2D eigenvalue weighted by Gasteiger charge is -2.25. The summed E-state index contributed by atoms with van der Waals surface area (Å²) >= 11 is 0. The Morgan fingerprint density at radius 3 is 2.35 bits per heavy atom. The van der Waals surface area contributed by atoms with Crippen molar-refractivity contribution in [3.8, 4) is 5.75 Å². The number of ether oxygens (including phenoxy) is 1. The van der Waals surface area contributed by atoms with Crippen molar-refractivity contribution < 1.29 is 9.13 Å². The Morgan fingerprint density at radius 2 is 1.94 bits per heavy atom. The monoisotopic (exact) mass is 239 g/mol. The number of hydrogen-bond acceptors (Lipinski definition) is 2. The van der Waals surface area contributed by atoms with Crippen LogP contribution >= 0.6 is 0 Å². The molecule has 0 saturated heterocycles. The summed E-state index contributed by atoms with van der Waals surface area (Å²) in [4.78, 5) is 0. The van der Waals surface area contributed by atoms with Crippen LogP contribution in [-0.2, 0) is 0 Å². The number of halogens is 1. The normalized spacial score (nSPS) is 12.8. The molecular weight excluding hydrogens is 217 g/mol.